The number of rotatable bonds is 7. The fourth-order valence-corrected chi connectivity index (χ4v) is 3.57. The van der Waals surface area contributed by atoms with Gasteiger partial charge in [-0.25, -0.2) is 4.79 Å². The lowest BCUT2D eigenvalue weighted by Crippen LogP contribution is -2.35. The van der Waals surface area contributed by atoms with Gasteiger partial charge in [-0.3, -0.25) is 29.4 Å². The van der Waals surface area contributed by atoms with E-state index < -0.39 is 34.6 Å². The molecule has 2 aromatic rings. The van der Waals surface area contributed by atoms with Crippen molar-refractivity contribution in [1.29, 1.82) is 0 Å². The van der Waals surface area contributed by atoms with Crippen LogP contribution in [0.2, 0.25) is 0 Å². The van der Waals surface area contributed by atoms with Gasteiger partial charge in [0.1, 0.15) is 12.3 Å². The van der Waals surface area contributed by atoms with E-state index in [0.717, 1.165) is 4.90 Å². The Kier molecular flexibility index (Phi) is 7.23. The summed E-state index contributed by atoms with van der Waals surface area (Å²) >= 11 is 0.710. The number of hydrogen-bond acceptors (Lipinski definition) is 9. The summed E-state index contributed by atoms with van der Waals surface area (Å²) in [5.74, 6) is -1.74. The molecule has 2 aromatic carbocycles. The number of esters is 2. The first-order chi connectivity index (χ1) is 15.6. The van der Waals surface area contributed by atoms with Crippen LogP contribution in [0.3, 0.4) is 0 Å². The van der Waals surface area contributed by atoms with Crippen LogP contribution in [-0.2, 0) is 14.3 Å². The lowest BCUT2D eigenvalue weighted by atomic mass is 10.2. The highest BCUT2D eigenvalue weighted by Crippen LogP contribution is 2.32. The lowest BCUT2D eigenvalue weighted by Gasteiger charge is -2.13. The molecule has 11 heteroatoms. The van der Waals surface area contributed by atoms with Gasteiger partial charge in [0.25, 0.3) is 16.8 Å². The van der Waals surface area contributed by atoms with E-state index in [1.54, 1.807) is 26.0 Å². The standard InChI is InChI=1S/C22H18N2O8S/c1-13(2)31-19(25)12-23-20(26)18(33-22(23)28)11-14-3-9-17(10-4-14)32-21(27)15-5-7-16(8-6-15)24(29)30/h3-11,13H,12H2,1-2H3/b18-11-. The SMILES string of the molecule is CC(C)OC(=O)CN1C(=O)S/C(=C\c2ccc(OC(=O)c3ccc([N+](=O)[O-])cc3)cc2)C1=O. The van der Waals surface area contributed by atoms with Crippen LogP contribution >= 0.6 is 11.8 Å². The van der Waals surface area contributed by atoms with Gasteiger partial charge >= 0.3 is 11.9 Å². The molecule has 0 saturated carbocycles. The molecule has 1 saturated heterocycles. The predicted molar refractivity (Wildman–Crippen MR) is 118 cm³/mol. The van der Waals surface area contributed by atoms with E-state index in [9.17, 15) is 29.3 Å². The minimum Gasteiger partial charge on any atom is -0.462 e. The van der Waals surface area contributed by atoms with Crippen LogP contribution in [-0.4, -0.2) is 45.6 Å². The summed E-state index contributed by atoms with van der Waals surface area (Å²) in [4.78, 5) is 59.6. The molecule has 1 aliphatic rings. The van der Waals surface area contributed by atoms with E-state index in [4.69, 9.17) is 9.47 Å². The van der Waals surface area contributed by atoms with Crippen molar-refractivity contribution in [2.75, 3.05) is 6.54 Å². The molecule has 170 valence electrons. The lowest BCUT2D eigenvalue weighted by molar-refractivity contribution is -0.384. The van der Waals surface area contributed by atoms with Crippen molar-refractivity contribution in [1.82, 2.24) is 4.90 Å². The van der Waals surface area contributed by atoms with Crippen LogP contribution in [0.15, 0.2) is 53.4 Å². The zero-order chi connectivity index (χ0) is 24.1. The summed E-state index contributed by atoms with van der Waals surface area (Å²) in [5.41, 5.74) is 0.576. The van der Waals surface area contributed by atoms with E-state index in [1.165, 1.54) is 42.5 Å². The van der Waals surface area contributed by atoms with Crippen molar-refractivity contribution in [3.63, 3.8) is 0 Å². The molecule has 0 spiro atoms. The zero-order valence-electron chi connectivity index (χ0n) is 17.5. The maximum absolute atomic E-state index is 12.5. The van der Waals surface area contributed by atoms with Crippen molar-refractivity contribution in [2.45, 2.75) is 20.0 Å². The van der Waals surface area contributed by atoms with Gasteiger partial charge in [0, 0.05) is 12.1 Å². The van der Waals surface area contributed by atoms with Crippen LogP contribution in [0.5, 0.6) is 5.75 Å². The molecular weight excluding hydrogens is 452 g/mol. The van der Waals surface area contributed by atoms with Gasteiger partial charge in [0.05, 0.1) is 21.5 Å². The number of nitrogens with zero attached hydrogens (tertiary/aromatic N) is 2. The molecule has 0 unspecified atom stereocenters. The molecule has 0 atom stereocenters. The normalized spacial score (nSPS) is 14.6. The third-order valence-corrected chi connectivity index (χ3v) is 5.14. The van der Waals surface area contributed by atoms with E-state index in [0.29, 0.717) is 17.3 Å². The number of thioether (sulfide) groups is 1. The van der Waals surface area contributed by atoms with Crippen molar-refractivity contribution < 1.29 is 33.6 Å². The second-order valence-electron chi connectivity index (χ2n) is 7.07. The molecule has 0 aromatic heterocycles. The topological polar surface area (TPSA) is 133 Å². The minimum atomic E-state index is -0.688. The quantitative estimate of drug-likeness (QED) is 0.195. The predicted octanol–water partition coefficient (Wildman–Crippen LogP) is 3.80. The number of nitro groups is 1. The Hall–Kier alpha value is -3.99. The summed E-state index contributed by atoms with van der Waals surface area (Å²) in [5, 5.41) is 10.1. The van der Waals surface area contributed by atoms with Gasteiger partial charge in [-0.2, -0.15) is 0 Å². The highest BCUT2D eigenvalue weighted by atomic mass is 32.2. The Bertz CT molecular complexity index is 1140. The molecule has 3 rings (SSSR count). The van der Waals surface area contributed by atoms with E-state index >= 15 is 0 Å². The number of nitro benzene ring substituents is 1. The van der Waals surface area contributed by atoms with Crippen molar-refractivity contribution in [3.05, 3.63) is 74.7 Å². The number of hydrogen-bond donors (Lipinski definition) is 0. The molecule has 10 nitrogen and oxygen atoms in total. The number of amides is 2. The third-order valence-electron chi connectivity index (χ3n) is 4.23. The number of benzene rings is 2. The Morgan fingerprint density at radius 1 is 1.09 bits per heavy atom. The monoisotopic (exact) mass is 470 g/mol. The molecule has 33 heavy (non-hydrogen) atoms. The van der Waals surface area contributed by atoms with Crippen LogP contribution in [0, 0.1) is 10.1 Å². The van der Waals surface area contributed by atoms with Crippen LogP contribution in [0.4, 0.5) is 10.5 Å². The second kappa shape index (κ2) is 10.1. The molecule has 1 fully saturated rings. The Morgan fingerprint density at radius 2 is 1.73 bits per heavy atom. The fourth-order valence-electron chi connectivity index (χ4n) is 2.73. The highest BCUT2D eigenvalue weighted by Gasteiger charge is 2.36. The number of carbonyl (C=O) groups is 4. The van der Waals surface area contributed by atoms with Crippen molar-refractivity contribution in [3.8, 4) is 5.75 Å². The van der Waals surface area contributed by atoms with Gasteiger partial charge in [-0.1, -0.05) is 12.1 Å². The third kappa shape index (κ3) is 6.04. The molecule has 0 N–H and O–H groups in total. The van der Waals surface area contributed by atoms with Crippen molar-refractivity contribution in [2.24, 2.45) is 0 Å². The molecule has 0 radical (unpaired) electrons. The summed E-state index contributed by atoms with van der Waals surface area (Å²) in [7, 11) is 0. The number of imide groups is 1. The van der Waals surface area contributed by atoms with Crippen LogP contribution in [0.1, 0.15) is 29.8 Å². The van der Waals surface area contributed by atoms with Gasteiger partial charge in [-0.05, 0) is 61.5 Å². The Morgan fingerprint density at radius 3 is 2.30 bits per heavy atom. The largest absolute Gasteiger partial charge is 0.462 e. The van der Waals surface area contributed by atoms with Crippen LogP contribution in [0.25, 0.3) is 6.08 Å². The summed E-state index contributed by atoms with van der Waals surface area (Å²) in [6.07, 6.45) is 1.13. The summed E-state index contributed by atoms with van der Waals surface area (Å²) in [6.45, 7) is 2.87. The average Bonchev–Trinajstić information content (AvgIpc) is 3.02. The van der Waals surface area contributed by atoms with E-state index in [2.05, 4.69) is 0 Å². The first-order valence-corrected chi connectivity index (χ1v) is 10.5. The molecule has 1 heterocycles. The van der Waals surface area contributed by atoms with Gasteiger partial charge in [0.2, 0.25) is 0 Å². The molecular formula is C22H18N2O8S. The number of carbonyl (C=O) groups excluding carboxylic acids is 4. The fraction of sp³-hybridized carbons (Fsp3) is 0.182. The summed E-state index contributed by atoms with van der Waals surface area (Å²) < 4.78 is 10.2. The van der Waals surface area contributed by atoms with Gasteiger partial charge < -0.3 is 9.47 Å². The average molecular weight is 470 g/mol. The molecule has 0 aliphatic carbocycles. The highest BCUT2D eigenvalue weighted by molar-refractivity contribution is 8.18. The molecule has 1 aliphatic heterocycles. The Balaban J connectivity index is 1.64. The summed E-state index contributed by atoms with van der Waals surface area (Å²) in [6, 6.07) is 11.2. The minimum absolute atomic E-state index is 0.142. The van der Waals surface area contributed by atoms with Crippen LogP contribution < -0.4 is 4.74 Å². The Labute approximate surface area is 192 Å². The van der Waals surface area contributed by atoms with E-state index in [-0.39, 0.29) is 28.0 Å². The second-order valence-corrected chi connectivity index (χ2v) is 8.06. The molecule has 0 bridgehead atoms. The number of non-ortho nitro benzene ring substituents is 1. The smallest absolute Gasteiger partial charge is 0.343 e. The molecule has 2 amide bonds. The van der Waals surface area contributed by atoms with Gasteiger partial charge in [0.15, 0.2) is 0 Å². The van der Waals surface area contributed by atoms with Crippen molar-refractivity contribution >= 4 is 46.6 Å². The zero-order valence-corrected chi connectivity index (χ0v) is 18.4. The maximum Gasteiger partial charge on any atom is 0.343 e. The first kappa shape index (κ1) is 23.7. The van der Waals surface area contributed by atoms with Gasteiger partial charge in [-0.15, -0.1) is 0 Å². The first-order valence-electron chi connectivity index (χ1n) is 9.65. The van der Waals surface area contributed by atoms with E-state index in [1.807, 2.05) is 0 Å². The number of ether oxygens (including phenoxy) is 2. The maximum atomic E-state index is 12.5.